The van der Waals surface area contributed by atoms with Crippen molar-refractivity contribution in [3.05, 3.63) is 216 Å². The molecule has 0 amide bonds. The molecule has 292 valence electrons. The second-order valence-electron chi connectivity index (χ2n) is 16.0. The first kappa shape index (κ1) is 41.5. The first-order chi connectivity index (χ1) is 28.0. The van der Waals surface area contributed by atoms with Gasteiger partial charge >= 0.3 is 0 Å². The van der Waals surface area contributed by atoms with Crippen LogP contribution in [-0.4, -0.2) is 4.57 Å². The molecule has 9 rings (SSSR count). The average Bonchev–Trinajstić information content (AvgIpc) is 3.69. The molecule has 1 heterocycles. The Kier molecular flexibility index (Phi) is 13.1. The Balaban J connectivity index is 0.000000170. The Morgan fingerprint density at radius 3 is 1.72 bits per heavy atom. The summed E-state index contributed by atoms with van der Waals surface area (Å²) in [5.41, 5.74) is 19.8. The Morgan fingerprint density at radius 1 is 0.621 bits per heavy atom. The predicted molar refractivity (Wildman–Crippen MR) is 256 cm³/mol. The highest BCUT2D eigenvalue weighted by atomic mass is 14.9. The van der Waals surface area contributed by atoms with Gasteiger partial charge in [0.2, 0.25) is 0 Å². The quantitative estimate of drug-likeness (QED) is 0.158. The van der Waals surface area contributed by atoms with Gasteiger partial charge in [-0.2, -0.15) is 0 Å². The number of fused-ring (bicyclic) bond motifs is 7. The highest BCUT2D eigenvalue weighted by molar-refractivity contribution is 6.15. The van der Waals surface area contributed by atoms with Gasteiger partial charge in [0, 0.05) is 28.8 Å². The van der Waals surface area contributed by atoms with E-state index in [1.807, 2.05) is 37.3 Å². The molecule has 58 heavy (non-hydrogen) atoms. The lowest BCUT2D eigenvalue weighted by Gasteiger charge is -2.22. The van der Waals surface area contributed by atoms with E-state index in [1.165, 1.54) is 101 Å². The summed E-state index contributed by atoms with van der Waals surface area (Å²) >= 11 is 0. The van der Waals surface area contributed by atoms with Gasteiger partial charge in [0.1, 0.15) is 0 Å². The van der Waals surface area contributed by atoms with Gasteiger partial charge in [0.05, 0.1) is 5.52 Å². The minimum absolute atomic E-state index is 0.0116. The largest absolute Gasteiger partial charge is 0.343 e. The zero-order valence-electron chi connectivity index (χ0n) is 35.9. The van der Waals surface area contributed by atoms with E-state index in [0.717, 1.165) is 5.57 Å². The summed E-state index contributed by atoms with van der Waals surface area (Å²) < 4.78 is 2.40. The molecule has 0 N–H and O–H groups in total. The van der Waals surface area contributed by atoms with Crippen LogP contribution in [0.1, 0.15) is 80.8 Å². The molecule has 0 saturated heterocycles. The molecule has 1 nitrogen and oxygen atoms in total. The van der Waals surface area contributed by atoms with Crippen molar-refractivity contribution in [2.45, 2.75) is 66.7 Å². The SMILES string of the molecule is C1=CCCC=C1.C=C(C)c1ccccc1.C=C/C(C)=C(\C)c1ccccc1.Cc1ccccc1-c1ccc2c3c4c(ccc3n(C)c2c1C)-c1ccccc1C4(C)C. The van der Waals surface area contributed by atoms with E-state index in [-0.39, 0.29) is 5.41 Å². The summed E-state index contributed by atoms with van der Waals surface area (Å²) in [6, 6.07) is 47.5. The van der Waals surface area contributed by atoms with Crippen LogP contribution < -0.4 is 0 Å². The van der Waals surface area contributed by atoms with E-state index >= 15 is 0 Å². The van der Waals surface area contributed by atoms with Gasteiger partial charge in [0.15, 0.2) is 0 Å². The maximum atomic E-state index is 3.83. The first-order valence-corrected chi connectivity index (χ1v) is 20.6. The Morgan fingerprint density at radius 2 is 1.17 bits per heavy atom. The summed E-state index contributed by atoms with van der Waals surface area (Å²) in [6.45, 7) is 23.0. The lowest BCUT2D eigenvalue weighted by atomic mass is 9.80. The van der Waals surface area contributed by atoms with Crippen molar-refractivity contribution in [2.24, 2.45) is 7.05 Å². The highest BCUT2D eigenvalue weighted by Gasteiger charge is 2.37. The van der Waals surface area contributed by atoms with Crippen LogP contribution in [0.25, 0.3) is 55.2 Å². The second-order valence-corrected chi connectivity index (χ2v) is 16.0. The van der Waals surface area contributed by atoms with Gasteiger partial charge in [0.25, 0.3) is 0 Å². The smallest absolute Gasteiger partial charge is 0.0524 e. The third-order valence-electron chi connectivity index (χ3n) is 11.8. The van der Waals surface area contributed by atoms with Crippen LogP contribution in [0.15, 0.2) is 183 Å². The Hall–Kier alpha value is -6.18. The van der Waals surface area contributed by atoms with E-state index in [1.54, 1.807) is 0 Å². The van der Waals surface area contributed by atoms with Crippen LogP contribution in [0.3, 0.4) is 0 Å². The Labute approximate surface area is 348 Å². The summed E-state index contributed by atoms with van der Waals surface area (Å²) in [4.78, 5) is 0. The zero-order valence-corrected chi connectivity index (χ0v) is 35.9. The Bertz CT molecular complexity index is 2640. The number of aryl methyl sites for hydroxylation is 3. The molecule has 1 aromatic heterocycles. The molecule has 1 heteroatoms. The number of allylic oxidation sites excluding steroid dienone is 8. The van der Waals surface area contributed by atoms with Crippen molar-refractivity contribution in [3.8, 4) is 22.3 Å². The summed E-state index contributed by atoms with van der Waals surface area (Å²) in [7, 11) is 2.22. The van der Waals surface area contributed by atoms with Crippen LogP contribution in [-0.2, 0) is 12.5 Å². The van der Waals surface area contributed by atoms with Gasteiger partial charge in [-0.15, -0.1) is 0 Å². The van der Waals surface area contributed by atoms with Gasteiger partial charge < -0.3 is 4.57 Å². The van der Waals surface area contributed by atoms with Gasteiger partial charge in [-0.3, -0.25) is 0 Å². The molecule has 6 aromatic carbocycles. The number of rotatable bonds is 4. The third-order valence-corrected chi connectivity index (χ3v) is 11.8. The van der Waals surface area contributed by atoms with Gasteiger partial charge in [-0.1, -0.05) is 190 Å². The van der Waals surface area contributed by atoms with Crippen molar-refractivity contribution in [2.75, 3.05) is 0 Å². The van der Waals surface area contributed by atoms with E-state index in [4.69, 9.17) is 0 Å². The zero-order chi connectivity index (χ0) is 41.4. The van der Waals surface area contributed by atoms with Crippen LogP contribution in [0, 0.1) is 13.8 Å². The first-order valence-electron chi connectivity index (χ1n) is 20.6. The molecule has 2 aliphatic carbocycles. The molecule has 7 aromatic rings. The third kappa shape index (κ3) is 8.55. The van der Waals surface area contributed by atoms with E-state index < -0.39 is 0 Å². The van der Waals surface area contributed by atoms with E-state index in [2.05, 4.69) is 200 Å². The number of hydrogen-bond acceptors (Lipinski definition) is 0. The molecule has 0 bridgehead atoms. The molecule has 0 aliphatic heterocycles. The topological polar surface area (TPSA) is 4.93 Å². The molecule has 0 radical (unpaired) electrons. The number of hydrogen-bond donors (Lipinski definition) is 0. The molecular weight excluding hydrogens is 699 g/mol. The molecule has 2 aliphatic rings. The van der Waals surface area contributed by atoms with Crippen LogP contribution in [0.2, 0.25) is 0 Å². The predicted octanol–water partition coefficient (Wildman–Crippen LogP) is 16.2. The minimum Gasteiger partial charge on any atom is -0.343 e. The molecule has 0 atom stereocenters. The van der Waals surface area contributed by atoms with E-state index in [0.29, 0.717) is 0 Å². The lowest BCUT2D eigenvalue weighted by Crippen LogP contribution is -2.15. The molecule has 0 saturated carbocycles. The van der Waals surface area contributed by atoms with E-state index in [9.17, 15) is 0 Å². The fraction of sp³-hybridized carbons (Fsp3) is 0.193. The van der Waals surface area contributed by atoms with Crippen molar-refractivity contribution in [1.82, 2.24) is 4.57 Å². The number of benzene rings is 6. The monoisotopic (exact) mass is 757 g/mol. The highest BCUT2D eigenvalue weighted by Crippen LogP contribution is 2.53. The number of aromatic nitrogens is 1. The standard InChI is InChI=1S/C30H27N.C12H14.C9H10.C6H8/c1-18-10-6-7-11-20(18)21-14-15-24-27-26(31(5)29(24)19(21)2)17-16-23-22-12-8-9-13-25(22)30(3,4)28(23)27;1-4-10(2)11(3)12-8-6-5-7-9-12;1-8(2)9-6-4-3-5-7-9;1-2-4-6-5-3-1/h6-17H,1-5H3;4-9H,1H2,2-3H3;3-7H,1H2,2H3;1-4H,5-6H2/b;11-10+;;. The van der Waals surface area contributed by atoms with Crippen molar-refractivity contribution in [3.63, 3.8) is 0 Å². The van der Waals surface area contributed by atoms with Gasteiger partial charge in [-0.05, 0) is 120 Å². The number of nitrogens with zero attached hydrogens (tertiary/aromatic N) is 1. The van der Waals surface area contributed by atoms with Crippen LogP contribution in [0.5, 0.6) is 0 Å². The fourth-order valence-corrected chi connectivity index (χ4v) is 8.37. The molecular formula is C57H59N. The lowest BCUT2D eigenvalue weighted by molar-refractivity contribution is 0.666. The van der Waals surface area contributed by atoms with Gasteiger partial charge in [-0.25, -0.2) is 0 Å². The maximum Gasteiger partial charge on any atom is 0.0524 e. The van der Waals surface area contributed by atoms with Crippen molar-refractivity contribution < 1.29 is 0 Å². The van der Waals surface area contributed by atoms with Crippen molar-refractivity contribution in [1.29, 1.82) is 0 Å². The van der Waals surface area contributed by atoms with Crippen LogP contribution >= 0.6 is 0 Å². The normalized spacial score (nSPS) is 13.4. The minimum atomic E-state index is -0.0116. The van der Waals surface area contributed by atoms with Crippen LogP contribution in [0.4, 0.5) is 0 Å². The fourth-order valence-electron chi connectivity index (χ4n) is 8.37. The summed E-state index contributed by atoms with van der Waals surface area (Å²) in [6.07, 6.45) is 12.9. The average molecular weight is 758 g/mol. The second kappa shape index (κ2) is 18.4. The summed E-state index contributed by atoms with van der Waals surface area (Å²) in [5.74, 6) is 0. The molecule has 0 spiro atoms. The van der Waals surface area contributed by atoms with Crippen molar-refractivity contribution >= 4 is 33.0 Å². The molecule has 0 fully saturated rings. The molecule has 0 unspecified atom stereocenters. The summed E-state index contributed by atoms with van der Waals surface area (Å²) in [5, 5.41) is 2.78. The maximum absolute atomic E-state index is 3.83.